The van der Waals surface area contributed by atoms with Gasteiger partial charge in [-0.25, -0.2) is 9.59 Å². The second-order valence-electron chi connectivity index (χ2n) is 12.8. The Balaban J connectivity index is 1.17. The van der Waals surface area contributed by atoms with E-state index in [4.69, 9.17) is 37.9 Å². The Hall–Kier alpha value is -3.96. The average molecular weight is 649 g/mol. The van der Waals surface area contributed by atoms with Crippen LogP contribution in [0.2, 0.25) is 0 Å². The van der Waals surface area contributed by atoms with Gasteiger partial charge in [0.15, 0.2) is 11.5 Å². The van der Waals surface area contributed by atoms with Crippen LogP contribution in [0.15, 0.2) is 66.7 Å². The van der Waals surface area contributed by atoms with Crippen molar-refractivity contribution < 1.29 is 47.5 Å². The molecule has 0 N–H and O–H groups in total. The standard InChI is InChI=1S/C37H44O10/c1-27-31(35(39)46-30-9-5-4-6-10-30)15-16-32(45-20-8-18-41-22-37(3)25-43-26-37)33(27)47-34(38)28-11-13-29(14-12-28)44-19-7-17-40-21-36(2)23-42-24-36/h4-6,9-16H,7-8,17-26H2,1-3H3. The van der Waals surface area contributed by atoms with Crippen LogP contribution >= 0.6 is 0 Å². The maximum Gasteiger partial charge on any atom is 0.343 e. The predicted molar refractivity (Wildman–Crippen MR) is 174 cm³/mol. The molecule has 10 nitrogen and oxygen atoms in total. The monoisotopic (exact) mass is 648 g/mol. The van der Waals surface area contributed by atoms with Gasteiger partial charge in [0, 0.05) is 42.4 Å². The third-order valence-corrected chi connectivity index (χ3v) is 7.92. The van der Waals surface area contributed by atoms with E-state index in [-0.39, 0.29) is 22.1 Å². The minimum absolute atomic E-state index is 0.0761. The van der Waals surface area contributed by atoms with Crippen molar-refractivity contribution in [2.75, 3.05) is 66.1 Å². The Bertz CT molecular complexity index is 1460. The van der Waals surface area contributed by atoms with Crippen LogP contribution in [0.3, 0.4) is 0 Å². The number of hydrogen-bond acceptors (Lipinski definition) is 10. The van der Waals surface area contributed by atoms with Crippen LogP contribution in [-0.4, -0.2) is 78.0 Å². The molecule has 2 aliphatic rings. The van der Waals surface area contributed by atoms with Crippen LogP contribution in [0.25, 0.3) is 0 Å². The summed E-state index contributed by atoms with van der Waals surface area (Å²) in [5.74, 6) is 0.364. The summed E-state index contributed by atoms with van der Waals surface area (Å²) in [7, 11) is 0. The molecular formula is C37H44O10. The van der Waals surface area contributed by atoms with Crippen molar-refractivity contribution in [3.8, 4) is 23.0 Å². The number of esters is 2. The third kappa shape index (κ3) is 9.77. The topological polar surface area (TPSA) is 108 Å². The molecule has 2 heterocycles. The molecule has 0 unspecified atom stereocenters. The van der Waals surface area contributed by atoms with Gasteiger partial charge >= 0.3 is 11.9 Å². The van der Waals surface area contributed by atoms with Crippen molar-refractivity contribution in [2.24, 2.45) is 10.8 Å². The Morgan fingerprint density at radius 1 is 0.660 bits per heavy atom. The smallest absolute Gasteiger partial charge is 0.343 e. The molecule has 252 valence electrons. The van der Waals surface area contributed by atoms with Crippen molar-refractivity contribution in [1.82, 2.24) is 0 Å². The van der Waals surface area contributed by atoms with Crippen LogP contribution in [-0.2, 0) is 18.9 Å². The van der Waals surface area contributed by atoms with Crippen LogP contribution in [0.5, 0.6) is 23.0 Å². The first-order valence-electron chi connectivity index (χ1n) is 16.0. The van der Waals surface area contributed by atoms with E-state index in [0.29, 0.717) is 87.7 Å². The fraction of sp³-hybridized carbons (Fsp3) is 0.459. The summed E-state index contributed by atoms with van der Waals surface area (Å²) >= 11 is 0. The number of carbonyl (C=O) groups excluding carboxylic acids is 2. The lowest BCUT2D eigenvalue weighted by Crippen LogP contribution is -2.43. The van der Waals surface area contributed by atoms with Crippen LogP contribution < -0.4 is 18.9 Å². The molecule has 0 amide bonds. The lowest BCUT2D eigenvalue weighted by atomic mass is 9.90. The summed E-state index contributed by atoms with van der Waals surface area (Å²) in [5, 5.41) is 0. The van der Waals surface area contributed by atoms with E-state index >= 15 is 0 Å². The molecule has 3 aromatic rings. The average Bonchev–Trinajstić information content (AvgIpc) is 3.04. The van der Waals surface area contributed by atoms with Gasteiger partial charge in [-0.2, -0.15) is 0 Å². The summed E-state index contributed by atoms with van der Waals surface area (Å²) in [4.78, 5) is 26.4. The first-order valence-corrected chi connectivity index (χ1v) is 16.0. The lowest BCUT2D eigenvalue weighted by Gasteiger charge is -2.37. The Kier molecular flexibility index (Phi) is 11.9. The van der Waals surface area contributed by atoms with Gasteiger partial charge in [0.1, 0.15) is 11.5 Å². The highest BCUT2D eigenvalue weighted by Crippen LogP contribution is 2.35. The molecule has 2 aliphatic heterocycles. The van der Waals surface area contributed by atoms with Crippen LogP contribution in [0.1, 0.15) is 53.0 Å². The highest BCUT2D eigenvalue weighted by molar-refractivity contribution is 5.95. The number of ether oxygens (including phenoxy) is 8. The number of hydrogen-bond donors (Lipinski definition) is 0. The Morgan fingerprint density at radius 2 is 1.26 bits per heavy atom. The predicted octanol–water partition coefficient (Wildman–Crippen LogP) is 6.08. The van der Waals surface area contributed by atoms with E-state index in [1.165, 1.54) is 0 Å². The molecule has 2 saturated heterocycles. The Morgan fingerprint density at radius 3 is 1.83 bits per heavy atom. The van der Waals surface area contributed by atoms with Crippen molar-refractivity contribution in [3.05, 3.63) is 83.4 Å². The zero-order chi connectivity index (χ0) is 33.1. The van der Waals surface area contributed by atoms with Gasteiger partial charge in [0.2, 0.25) is 0 Å². The SMILES string of the molecule is Cc1c(C(=O)Oc2ccccc2)ccc(OCCCOCC2(C)COC2)c1OC(=O)c1ccc(OCCCOCC2(C)COC2)cc1. The van der Waals surface area contributed by atoms with E-state index in [9.17, 15) is 9.59 Å². The highest BCUT2D eigenvalue weighted by Gasteiger charge is 2.34. The zero-order valence-electron chi connectivity index (χ0n) is 27.4. The third-order valence-electron chi connectivity index (χ3n) is 7.92. The van der Waals surface area contributed by atoms with Crippen LogP contribution in [0.4, 0.5) is 0 Å². The molecule has 47 heavy (non-hydrogen) atoms. The molecule has 0 spiro atoms. The van der Waals surface area contributed by atoms with Crippen LogP contribution in [0, 0.1) is 17.8 Å². The first-order chi connectivity index (χ1) is 22.7. The van der Waals surface area contributed by atoms with E-state index in [2.05, 4.69) is 13.8 Å². The molecule has 5 rings (SSSR count). The first kappa shape index (κ1) is 34.4. The minimum atomic E-state index is -0.598. The normalized spacial score (nSPS) is 16.0. The number of para-hydroxylation sites is 1. The molecule has 0 aromatic heterocycles. The molecule has 0 atom stereocenters. The van der Waals surface area contributed by atoms with E-state index in [1.807, 2.05) is 6.07 Å². The summed E-state index contributed by atoms with van der Waals surface area (Å²) < 4.78 is 45.3. The second kappa shape index (κ2) is 16.2. The Labute approximate surface area is 276 Å². The van der Waals surface area contributed by atoms with Crippen molar-refractivity contribution in [3.63, 3.8) is 0 Å². The highest BCUT2D eigenvalue weighted by atomic mass is 16.6. The zero-order valence-corrected chi connectivity index (χ0v) is 27.4. The van der Waals surface area contributed by atoms with E-state index < -0.39 is 11.9 Å². The number of benzene rings is 3. The molecular weight excluding hydrogens is 604 g/mol. The summed E-state index contributed by atoms with van der Waals surface area (Å²) in [5.41, 5.74) is 1.20. The van der Waals surface area contributed by atoms with Gasteiger partial charge in [0.05, 0.1) is 64.0 Å². The van der Waals surface area contributed by atoms with Crippen molar-refractivity contribution >= 4 is 11.9 Å². The van der Waals surface area contributed by atoms with Crippen molar-refractivity contribution in [1.29, 1.82) is 0 Å². The molecule has 0 saturated carbocycles. The number of rotatable bonds is 18. The fourth-order valence-corrected chi connectivity index (χ4v) is 5.02. The molecule has 0 radical (unpaired) electrons. The number of carbonyl (C=O) groups is 2. The molecule has 0 bridgehead atoms. The quantitative estimate of drug-likeness (QED) is 0.0915. The molecule has 0 aliphatic carbocycles. The van der Waals surface area contributed by atoms with Gasteiger partial charge in [-0.05, 0) is 55.5 Å². The maximum atomic E-state index is 13.3. The van der Waals surface area contributed by atoms with Gasteiger partial charge in [-0.15, -0.1) is 0 Å². The summed E-state index contributed by atoms with van der Waals surface area (Å²) in [6.07, 6.45) is 1.37. The molecule has 3 aromatic carbocycles. The van der Waals surface area contributed by atoms with Crippen molar-refractivity contribution in [2.45, 2.75) is 33.6 Å². The maximum absolute atomic E-state index is 13.3. The second-order valence-corrected chi connectivity index (χ2v) is 12.8. The summed E-state index contributed by atoms with van der Waals surface area (Å²) in [6.45, 7) is 12.1. The fourth-order valence-electron chi connectivity index (χ4n) is 5.02. The lowest BCUT2D eigenvalue weighted by molar-refractivity contribution is -0.138. The van der Waals surface area contributed by atoms with E-state index in [0.717, 1.165) is 19.6 Å². The van der Waals surface area contributed by atoms with Gasteiger partial charge < -0.3 is 37.9 Å². The van der Waals surface area contributed by atoms with Gasteiger partial charge in [0.25, 0.3) is 0 Å². The van der Waals surface area contributed by atoms with Gasteiger partial charge in [-0.3, -0.25) is 0 Å². The minimum Gasteiger partial charge on any atom is -0.494 e. The summed E-state index contributed by atoms with van der Waals surface area (Å²) in [6, 6.07) is 18.7. The molecule has 2 fully saturated rings. The largest absolute Gasteiger partial charge is 0.494 e. The molecule has 10 heteroatoms. The van der Waals surface area contributed by atoms with E-state index in [1.54, 1.807) is 67.6 Å². The van der Waals surface area contributed by atoms with Gasteiger partial charge in [-0.1, -0.05) is 32.0 Å².